The first-order chi connectivity index (χ1) is 13.7. The maximum Gasteiger partial charge on any atom is 0.287 e. The molecule has 2 N–H and O–H groups in total. The first-order valence-corrected chi connectivity index (χ1v) is 10.6. The zero-order valence-electron chi connectivity index (χ0n) is 15.8. The molecule has 1 fully saturated rings. The first kappa shape index (κ1) is 20.3. The predicted molar refractivity (Wildman–Crippen MR) is 111 cm³/mol. The van der Waals surface area contributed by atoms with E-state index in [1.165, 1.54) is 6.26 Å². The molecule has 7 nitrogen and oxygen atoms in total. The number of benzene rings is 1. The van der Waals surface area contributed by atoms with Crippen LogP contribution in [0.4, 0.5) is 11.4 Å². The lowest BCUT2D eigenvalue weighted by Crippen LogP contribution is -2.44. The van der Waals surface area contributed by atoms with E-state index in [2.05, 4.69) is 15.5 Å². The topological polar surface area (TPSA) is 83.8 Å². The van der Waals surface area contributed by atoms with E-state index >= 15 is 0 Å². The monoisotopic (exact) mass is 403 g/mol. The van der Waals surface area contributed by atoms with E-state index < -0.39 is 11.9 Å². The second-order valence-corrected chi connectivity index (χ2v) is 7.41. The zero-order chi connectivity index (χ0) is 19.8. The standard InChI is InChI=1S/C20H25N3O4S/c1-28-14-8-17(22-20(25)18-3-2-11-27-18)19(24)21-15-4-6-16(7-5-15)23-9-12-26-13-10-23/h2-7,11,17H,8-10,12-14H2,1H3,(H,21,24)(H,22,25). The van der Waals surface area contributed by atoms with E-state index in [-0.39, 0.29) is 11.7 Å². The summed E-state index contributed by atoms with van der Waals surface area (Å²) in [5.41, 5.74) is 1.80. The Labute approximate surface area is 168 Å². The van der Waals surface area contributed by atoms with Crippen LogP contribution in [-0.2, 0) is 9.53 Å². The number of hydrogen-bond acceptors (Lipinski definition) is 6. The number of anilines is 2. The van der Waals surface area contributed by atoms with Crippen molar-refractivity contribution in [3.8, 4) is 0 Å². The molecule has 0 aliphatic carbocycles. The second-order valence-electron chi connectivity index (χ2n) is 6.42. The molecule has 1 atom stereocenters. The quantitative estimate of drug-likeness (QED) is 0.705. The summed E-state index contributed by atoms with van der Waals surface area (Å²) in [6, 6.07) is 10.3. The van der Waals surface area contributed by atoms with Crippen LogP contribution in [0.25, 0.3) is 0 Å². The summed E-state index contributed by atoms with van der Waals surface area (Å²) in [7, 11) is 0. The Balaban J connectivity index is 1.61. The van der Waals surface area contributed by atoms with Gasteiger partial charge in [0.15, 0.2) is 5.76 Å². The first-order valence-electron chi connectivity index (χ1n) is 9.24. The van der Waals surface area contributed by atoms with Crippen molar-refractivity contribution in [1.29, 1.82) is 0 Å². The Kier molecular flexibility index (Phi) is 7.39. The molecule has 1 aliphatic heterocycles. The van der Waals surface area contributed by atoms with Crippen molar-refractivity contribution in [2.24, 2.45) is 0 Å². The Morgan fingerprint density at radius 3 is 2.57 bits per heavy atom. The summed E-state index contributed by atoms with van der Waals surface area (Å²) < 4.78 is 10.5. The molecule has 28 heavy (non-hydrogen) atoms. The summed E-state index contributed by atoms with van der Waals surface area (Å²) in [6.07, 6.45) is 3.93. The highest BCUT2D eigenvalue weighted by Crippen LogP contribution is 2.19. The molecular weight excluding hydrogens is 378 g/mol. The average Bonchev–Trinajstić information content (AvgIpc) is 3.27. The van der Waals surface area contributed by atoms with Crippen molar-refractivity contribution < 1.29 is 18.7 Å². The number of nitrogens with one attached hydrogen (secondary N) is 2. The molecule has 0 spiro atoms. The van der Waals surface area contributed by atoms with Gasteiger partial charge < -0.3 is 24.7 Å². The predicted octanol–water partition coefficient (Wildman–Crippen LogP) is 2.61. The molecule has 1 aromatic heterocycles. The molecule has 0 bridgehead atoms. The van der Waals surface area contributed by atoms with Crippen molar-refractivity contribution in [1.82, 2.24) is 5.32 Å². The molecule has 1 unspecified atom stereocenters. The van der Waals surface area contributed by atoms with Crippen LogP contribution in [0.2, 0.25) is 0 Å². The molecule has 150 valence electrons. The van der Waals surface area contributed by atoms with Crippen molar-refractivity contribution in [3.05, 3.63) is 48.4 Å². The summed E-state index contributed by atoms with van der Waals surface area (Å²) in [5.74, 6) is 0.311. The lowest BCUT2D eigenvalue weighted by atomic mass is 10.2. The molecule has 1 saturated heterocycles. The van der Waals surface area contributed by atoms with Gasteiger partial charge in [-0.3, -0.25) is 9.59 Å². The third kappa shape index (κ3) is 5.53. The minimum Gasteiger partial charge on any atom is -0.459 e. The largest absolute Gasteiger partial charge is 0.459 e. The molecule has 2 aromatic rings. The number of thioether (sulfide) groups is 1. The summed E-state index contributed by atoms with van der Waals surface area (Å²) >= 11 is 1.63. The number of carbonyl (C=O) groups excluding carboxylic acids is 2. The zero-order valence-corrected chi connectivity index (χ0v) is 16.7. The minimum atomic E-state index is -0.635. The third-order valence-electron chi connectivity index (χ3n) is 4.49. The van der Waals surface area contributed by atoms with Gasteiger partial charge in [-0.25, -0.2) is 0 Å². The molecule has 3 rings (SSSR count). The number of rotatable bonds is 8. The average molecular weight is 404 g/mol. The summed E-state index contributed by atoms with van der Waals surface area (Å²) in [4.78, 5) is 27.2. The number of ether oxygens (including phenoxy) is 1. The molecule has 1 aliphatic rings. The van der Waals surface area contributed by atoms with Gasteiger partial charge in [0, 0.05) is 24.5 Å². The highest BCUT2D eigenvalue weighted by Gasteiger charge is 2.22. The normalized spacial score (nSPS) is 15.1. The van der Waals surface area contributed by atoms with Gasteiger partial charge in [0.05, 0.1) is 19.5 Å². The van der Waals surface area contributed by atoms with Crippen molar-refractivity contribution in [3.63, 3.8) is 0 Å². The van der Waals surface area contributed by atoms with E-state index in [1.807, 2.05) is 30.5 Å². The smallest absolute Gasteiger partial charge is 0.287 e. The van der Waals surface area contributed by atoms with Gasteiger partial charge in [-0.1, -0.05) is 0 Å². The van der Waals surface area contributed by atoms with Crippen LogP contribution in [0.5, 0.6) is 0 Å². The van der Waals surface area contributed by atoms with Crippen molar-refractivity contribution in [2.75, 3.05) is 48.5 Å². The molecule has 8 heteroatoms. The summed E-state index contributed by atoms with van der Waals surface area (Å²) in [5, 5.41) is 5.65. The van der Waals surface area contributed by atoms with Crippen LogP contribution in [0.3, 0.4) is 0 Å². The fraction of sp³-hybridized carbons (Fsp3) is 0.400. The van der Waals surface area contributed by atoms with Crippen molar-refractivity contribution in [2.45, 2.75) is 12.5 Å². The van der Waals surface area contributed by atoms with Crippen LogP contribution in [0, 0.1) is 0 Å². The van der Waals surface area contributed by atoms with Gasteiger partial charge in [-0.2, -0.15) is 11.8 Å². The number of nitrogens with zero attached hydrogens (tertiary/aromatic N) is 1. The third-order valence-corrected chi connectivity index (χ3v) is 5.13. The molecule has 0 radical (unpaired) electrons. The SMILES string of the molecule is CSCCC(NC(=O)c1ccco1)C(=O)Nc1ccc(N2CCOCC2)cc1. The number of furan rings is 1. The van der Waals surface area contributed by atoms with Gasteiger partial charge in [0.2, 0.25) is 5.91 Å². The number of morpholine rings is 1. The van der Waals surface area contributed by atoms with Gasteiger partial charge in [-0.15, -0.1) is 0 Å². The van der Waals surface area contributed by atoms with E-state index in [9.17, 15) is 9.59 Å². The fourth-order valence-electron chi connectivity index (χ4n) is 2.95. The highest BCUT2D eigenvalue weighted by molar-refractivity contribution is 7.98. The summed E-state index contributed by atoms with van der Waals surface area (Å²) in [6.45, 7) is 3.18. The highest BCUT2D eigenvalue weighted by atomic mass is 32.2. The second kappa shape index (κ2) is 10.2. The Morgan fingerprint density at radius 1 is 1.18 bits per heavy atom. The van der Waals surface area contributed by atoms with Crippen LogP contribution in [-0.4, -0.2) is 56.2 Å². The maximum atomic E-state index is 12.7. The minimum absolute atomic E-state index is 0.191. The van der Waals surface area contributed by atoms with E-state index in [0.717, 1.165) is 37.7 Å². The van der Waals surface area contributed by atoms with Gasteiger partial charge in [0.1, 0.15) is 6.04 Å². The lowest BCUT2D eigenvalue weighted by Gasteiger charge is -2.29. The Hall–Kier alpha value is -2.45. The van der Waals surface area contributed by atoms with E-state index in [1.54, 1.807) is 23.9 Å². The fourth-order valence-corrected chi connectivity index (χ4v) is 3.42. The molecular formula is C20H25N3O4S. The Bertz CT molecular complexity index is 758. The van der Waals surface area contributed by atoms with Gasteiger partial charge in [0.25, 0.3) is 5.91 Å². The van der Waals surface area contributed by atoms with Crippen LogP contribution < -0.4 is 15.5 Å². The number of amides is 2. The number of hydrogen-bond donors (Lipinski definition) is 2. The Morgan fingerprint density at radius 2 is 1.93 bits per heavy atom. The van der Waals surface area contributed by atoms with Crippen LogP contribution >= 0.6 is 11.8 Å². The van der Waals surface area contributed by atoms with Crippen LogP contribution in [0.1, 0.15) is 17.0 Å². The van der Waals surface area contributed by atoms with E-state index in [4.69, 9.17) is 9.15 Å². The molecule has 0 saturated carbocycles. The lowest BCUT2D eigenvalue weighted by molar-refractivity contribution is -0.118. The van der Waals surface area contributed by atoms with E-state index in [0.29, 0.717) is 12.1 Å². The molecule has 1 aromatic carbocycles. The maximum absolute atomic E-state index is 12.7. The van der Waals surface area contributed by atoms with Gasteiger partial charge in [-0.05, 0) is 54.8 Å². The van der Waals surface area contributed by atoms with Crippen LogP contribution in [0.15, 0.2) is 47.1 Å². The molecule has 2 heterocycles. The van der Waals surface area contributed by atoms with Crippen molar-refractivity contribution >= 4 is 35.0 Å². The van der Waals surface area contributed by atoms with Gasteiger partial charge >= 0.3 is 0 Å². The molecule has 2 amide bonds. The number of carbonyl (C=O) groups is 2.